The number of thioether (sulfide) groups is 1. The molecule has 126 valence electrons. The Bertz CT molecular complexity index is 851. The van der Waals surface area contributed by atoms with E-state index >= 15 is 0 Å². The van der Waals surface area contributed by atoms with E-state index < -0.39 is 15.7 Å². The van der Waals surface area contributed by atoms with Crippen molar-refractivity contribution in [3.8, 4) is 6.07 Å². The van der Waals surface area contributed by atoms with Crippen molar-refractivity contribution in [2.24, 2.45) is 4.99 Å². The number of carbonyl (C=O) groups excluding carboxylic acids is 1. The van der Waals surface area contributed by atoms with Gasteiger partial charge in [-0.25, -0.2) is 8.42 Å². The maximum Gasteiger partial charge on any atom is 0.262 e. The van der Waals surface area contributed by atoms with E-state index in [0.717, 1.165) is 16.8 Å². The lowest BCUT2D eigenvalue weighted by atomic mass is 10.1. The highest BCUT2D eigenvalue weighted by Crippen LogP contribution is 2.43. The molecule has 2 aliphatic heterocycles. The number of nitriles is 1. The molecule has 2 saturated heterocycles. The van der Waals surface area contributed by atoms with Crippen molar-refractivity contribution in [3.63, 3.8) is 0 Å². The van der Waals surface area contributed by atoms with E-state index in [1.165, 1.54) is 11.8 Å². The van der Waals surface area contributed by atoms with Crippen LogP contribution in [0.1, 0.15) is 17.5 Å². The molecule has 2 aliphatic rings. The van der Waals surface area contributed by atoms with Gasteiger partial charge in [0.25, 0.3) is 5.91 Å². The maximum absolute atomic E-state index is 12.0. The molecule has 2 heterocycles. The second-order valence-electron chi connectivity index (χ2n) is 6.03. The van der Waals surface area contributed by atoms with Crippen LogP contribution in [0.3, 0.4) is 0 Å². The summed E-state index contributed by atoms with van der Waals surface area (Å²) in [6.07, 6.45) is -0.279. The Hall–Kier alpha value is -1.85. The molecule has 1 aromatic rings. The lowest BCUT2D eigenvalue weighted by Gasteiger charge is -2.27. The zero-order valence-electron chi connectivity index (χ0n) is 13.4. The number of anilines is 1. The summed E-state index contributed by atoms with van der Waals surface area (Å²) >= 11 is 1.32. The summed E-state index contributed by atoms with van der Waals surface area (Å²) in [6, 6.07) is 7.43. The minimum absolute atomic E-state index is 0.0594. The molecular formula is C16H17N3O3S2. The zero-order valence-corrected chi connectivity index (χ0v) is 15.0. The lowest BCUT2D eigenvalue weighted by Crippen LogP contribution is -2.38. The van der Waals surface area contributed by atoms with Crippen molar-refractivity contribution < 1.29 is 13.2 Å². The molecule has 0 aliphatic carbocycles. The van der Waals surface area contributed by atoms with Crippen LogP contribution in [0.2, 0.25) is 0 Å². The number of hydrogen-bond donors (Lipinski definition) is 0. The number of sulfone groups is 1. The van der Waals surface area contributed by atoms with Gasteiger partial charge in [0.05, 0.1) is 23.6 Å². The molecule has 0 radical (unpaired) electrons. The van der Waals surface area contributed by atoms with Crippen molar-refractivity contribution in [2.75, 3.05) is 16.4 Å². The van der Waals surface area contributed by atoms with Gasteiger partial charge in [0, 0.05) is 10.9 Å². The average Bonchev–Trinajstić information content (AvgIpc) is 2.92. The van der Waals surface area contributed by atoms with E-state index in [-0.39, 0.29) is 29.2 Å². The highest BCUT2D eigenvalue weighted by molar-refractivity contribution is 8.16. The third kappa shape index (κ3) is 3.06. The maximum atomic E-state index is 12.0. The minimum atomic E-state index is -3.09. The summed E-state index contributed by atoms with van der Waals surface area (Å²) in [5.74, 6) is -0.349. The first-order chi connectivity index (χ1) is 11.3. The van der Waals surface area contributed by atoms with Gasteiger partial charge >= 0.3 is 0 Å². The van der Waals surface area contributed by atoms with Crippen LogP contribution < -0.4 is 4.90 Å². The number of benzene rings is 1. The number of rotatable bonds is 2. The highest BCUT2D eigenvalue weighted by Gasteiger charge is 2.49. The van der Waals surface area contributed by atoms with Crippen molar-refractivity contribution >= 4 is 38.4 Å². The van der Waals surface area contributed by atoms with E-state index in [1.54, 1.807) is 6.07 Å². The number of nitrogens with zero attached hydrogens (tertiary/aromatic N) is 3. The predicted molar refractivity (Wildman–Crippen MR) is 94.9 cm³/mol. The molecular weight excluding hydrogens is 346 g/mol. The standard InChI is InChI=1S/C16H17N3O3S2/c1-10-4-3-5-11(2)15(10)19-12-8-24(21,22)9-13(12)23-16(19)18-14(20)6-7-17/h3-5,12-13H,6,8-9H2,1-2H3/t12-,13-/m1/s1. The zero-order chi connectivity index (χ0) is 17.5. The van der Waals surface area contributed by atoms with E-state index in [9.17, 15) is 13.2 Å². The molecule has 3 rings (SSSR count). The first-order valence-electron chi connectivity index (χ1n) is 7.53. The fourth-order valence-corrected chi connectivity index (χ4v) is 7.14. The van der Waals surface area contributed by atoms with Crippen LogP contribution >= 0.6 is 11.8 Å². The number of amidine groups is 1. The summed E-state index contributed by atoms with van der Waals surface area (Å²) in [5, 5.41) is 9.03. The Morgan fingerprint density at radius 3 is 2.67 bits per heavy atom. The van der Waals surface area contributed by atoms with Crippen molar-refractivity contribution in [1.29, 1.82) is 5.26 Å². The smallest absolute Gasteiger partial charge is 0.262 e. The molecule has 1 aromatic carbocycles. The van der Waals surface area contributed by atoms with Crippen LogP contribution in [0.25, 0.3) is 0 Å². The normalized spacial score (nSPS) is 26.4. The second-order valence-corrected chi connectivity index (χ2v) is 9.39. The Morgan fingerprint density at radius 1 is 1.38 bits per heavy atom. The number of aliphatic imine (C=N–C) groups is 1. The summed E-state index contributed by atoms with van der Waals surface area (Å²) < 4.78 is 24.1. The van der Waals surface area contributed by atoms with Crippen molar-refractivity contribution in [1.82, 2.24) is 0 Å². The molecule has 0 N–H and O–H groups in total. The fourth-order valence-electron chi connectivity index (χ4n) is 3.23. The number of carbonyl (C=O) groups is 1. The van der Waals surface area contributed by atoms with Gasteiger partial charge in [-0.05, 0) is 25.0 Å². The highest BCUT2D eigenvalue weighted by atomic mass is 32.2. The Morgan fingerprint density at radius 2 is 2.04 bits per heavy atom. The Balaban J connectivity index is 2.09. The number of para-hydroxylation sites is 1. The molecule has 0 unspecified atom stereocenters. The largest absolute Gasteiger partial charge is 0.315 e. The molecule has 2 atom stereocenters. The van der Waals surface area contributed by atoms with Gasteiger partial charge in [-0.2, -0.15) is 10.3 Å². The van der Waals surface area contributed by atoms with Crippen LogP contribution in [0.4, 0.5) is 5.69 Å². The van der Waals surface area contributed by atoms with Gasteiger partial charge in [0.15, 0.2) is 15.0 Å². The number of amides is 1. The first-order valence-corrected chi connectivity index (χ1v) is 10.2. The predicted octanol–water partition coefficient (Wildman–Crippen LogP) is 1.82. The van der Waals surface area contributed by atoms with Gasteiger partial charge in [-0.1, -0.05) is 30.0 Å². The van der Waals surface area contributed by atoms with Gasteiger partial charge < -0.3 is 4.90 Å². The SMILES string of the molecule is Cc1cccc(C)c1N1C(=NC(=O)CC#N)S[C@@H]2CS(=O)(=O)C[C@H]21. The number of hydrogen-bond acceptors (Lipinski definition) is 5. The summed E-state index contributed by atoms with van der Waals surface area (Å²) in [4.78, 5) is 17.8. The summed E-state index contributed by atoms with van der Waals surface area (Å²) in [7, 11) is -3.09. The van der Waals surface area contributed by atoms with E-state index in [4.69, 9.17) is 5.26 Å². The van der Waals surface area contributed by atoms with Crippen molar-refractivity contribution in [2.45, 2.75) is 31.6 Å². The number of aryl methyl sites for hydroxylation is 2. The van der Waals surface area contributed by atoms with E-state index in [2.05, 4.69) is 4.99 Å². The Kier molecular flexibility index (Phi) is 4.40. The minimum Gasteiger partial charge on any atom is -0.315 e. The molecule has 0 spiro atoms. The molecule has 0 aromatic heterocycles. The topological polar surface area (TPSA) is 90.6 Å². The molecule has 24 heavy (non-hydrogen) atoms. The van der Waals surface area contributed by atoms with Gasteiger partial charge in [0.2, 0.25) is 0 Å². The number of fused-ring (bicyclic) bond motifs is 1. The monoisotopic (exact) mass is 363 g/mol. The van der Waals surface area contributed by atoms with E-state index in [1.807, 2.05) is 36.9 Å². The van der Waals surface area contributed by atoms with Gasteiger partial charge in [0.1, 0.15) is 6.42 Å². The third-order valence-corrected chi connectivity index (χ3v) is 7.41. The molecule has 1 amide bonds. The molecule has 2 fully saturated rings. The Labute approximate surface area is 145 Å². The van der Waals surface area contributed by atoms with Crippen LogP contribution in [-0.2, 0) is 14.6 Å². The van der Waals surface area contributed by atoms with Crippen LogP contribution in [-0.4, -0.2) is 42.3 Å². The quantitative estimate of drug-likeness (QED) is 0.796. The molecule has 8 heteroatoms. The summed E-state index contributed by atoms with van der Waals surface area (Å²) in [6.45, 7) is 3.91. The van der Waals surface area contributed by atoms with E-state index in [0.29, 0.717) is 5.17 Å². The van der Waals surface area contributed by atoms with Crippen LogP contribution in [0.15, 0.2) is 23.2 Å². The average molecular weight is 363 g/mol. The lowest BCUT2D eigenvalue weighted by molar-refractivity contribution is -0.116. The molecule has 6 nitrogen and oxygen atoms in total. The van der Waals surface area contributed by atoms with Gasteiger partial charge in [-0.15, -0.1) is 0 Å². The molecule has 0 bridgehead atoms. The summed E-state index contributed by atoms with van der Waals surface area (Å²) in [5.41, 5.74) is 2.90. The molecule has 0 saturated carbocycles. The van der Waals surface area contributed by atoms with Crippen LogP contribution in [0, 0.1) is 25.2 Å². The second kappa shape index (κ2) is 6.22. The third-order valence-electron chi connectivity index (χ3n) is 4.20. The fraction of sp³-hybridized carbons (Fsp3) is 0.438. The first kappa shape index (κ1) is 17.0. The van der Waals surface area contributed by atoms with Crippen LogP contribution in [0.5, 0.6) is 0 Å². The van der Waals surface area contributed by atoms with Crippen molar-refractivity contribution in [3.05, 3.63) is 29.3 Å². The van der Waals surface area contributed by atoms with Gasteiger partial charge in [-0.3, -0.25) is 4.79 Å².